The molecule has 0 saturated carbocycles. The lowest BCUT2D eigenvalue weighted by atomic mass is 9.93. The van der Waals surface area contributed by atoms with Crippen molar-refractivity contribution in [3.63, 3.8) is 0 Å². The van der Waals surface area contributed by atoms with Crippen LogP contribution in [-0.4, -0.2) is 49.4 Å². The topological polar surface area (TPSA) is 101 Å². The average Bonchev–Trinajstić information content (AvgIpc) is 3.11. The standard InChI is InChI=1S/C19H26N6O2S/c1-12(2)18-21-9-15(10-22-18)19(27)25-6-4-14(5-7-25)8-17(26)20-11-16-13(3)23-24-28-16/h9-10,12,14H,4-8,11H2,1-3H3,(H,20,26). The molecule has 2 aromatic heterocycles. The van der Waals surface area contributed by atoms with E-state index in [4.69, 9.17) is 0 Å². The van der Waals surface area contributed by atoms with Crippen LogP contribution in [0.5, 0.6) is 0 Å². The van der Waals surface area contributed by atoms with Gasteiger partial charge in [-0.1, -0.05) is 18.3 Å². The van der Waals surface area contributed by atoms with E-state index in [-0.39, 0.29) is 17.7 Å². The number of hydrogen-bond acceptors (Lipinski definition) is 7. The maximum Gasteiger partial charge on any atom is 0.256 e. The summed E-state index contributed by atoms with van der Waals surface area (Å²) in [6, 6.07) is 0. The van der Waals surface area contributed by atoms with Gasteiger partial charge in [0.25, 0.3) is 5.91 Å². The summed E-state index contributed by atoms with van der Waals surface area (Å²) >= 11 is 1.31. The maximum absolute atomic E-state index is 12.6. The number of carbonyl (C=O) groups excluding carboxylic acids is 2. The molecule has 0 atom stereocenters. The minimum atomic E-state index is -0.0358. The number of rotatable bonds is 6. The minimum Gasteiger partial charge on any atom is -0.351 e. The summed E-state index contributed by atoms with van der Waals surface area (Å²) in [5.74, 6) is 1.28. The third-order valence-corrected chi connectivity index (χ3v) is 5.83. The molecule has 28 heavy (non-hydrogen) atoms. The first kappa shape index (κ1) is 20.3. The van der Waals surface area contributed by atoms with Crippen LogP contribution in [0.2, 0.25) is 0 Å². The van der Waals surface area contributed by atoms with Gasteiger partial charge in [-0.25, -0.2) is 9.97 Å². The average molecular weight is 403 g/mol. The van der Waals surface area contributed by atoms with Crippen LogP contribution in [0.15, 0.2) is 12.4 Å². The first-order valence-corrected chi connectivity index (χ1v) is 10.4. The monoisotopic (exact) mass is 402 g/mol. The summed E-state index contributed by atoms with van der Waals surface area (Å²) < 4.78 is 3.87. The number of hydrogen-bond donors (Lipinski definition) is 1. The second-order valence-electron chi connectivity index (χ2n) is 7.48. The van der Waals surface area contributed by atoms with E-state index in [1.54, 1.807) is 12.4 Å². The van der Waals surface area contributed by atoms with E-state index in [1.807, 2.05) is 25.7 Å². The second kappa shape index (κ2) is 9.18. The van der Waals surface area contributed by atoms with Gasteiger partial charge in [-0.3, -0.25) is 9.59 Å². The predicted molar refractivity (Wildman–Crippen MR) is 106 cm³/mol. The highest BCUT2D eigenvalue weighted by molar-refractivity contribution is 7.05. The molecular weight excluding hydrogens is 376 g/mol. The third kappa shape index (κ3) is 5.09. The molecule has 1 saturated heterocycles. The fourth-order valence-electron chi connectivity index (χ4n) is 3.20. The molecule has 0 aromatic carbocycles. The van der Waals surface area contributed by atoms with Gasteiger partial charge in [-0.15, -0.1) is 5.10 Å². The highest BCUT2D eigenvalue weighted by atomic mass is 32.1. The van der Waals surface area contributed by atoms with Crippen molar-refractivity contribution >= 4 is 23.3 Å². The first-order valence-electron chi connectivity index (χ1n) is 9.59. The van der Waals surface area contributed by atoms with Crippen molar-refractivity contribution in [1.82, 2.24) is 29.8 Å². The van der Waals surface area contributed by atoms with E-state index in [0.717, 1.165) is 29.2 Å². The third-order valence-electron chi connectivity index (χ3n) is 5.00. The lowest BCUT2D eigenvalue weighted by Gasteiger charge is -2.31. The largest absolute Gasteiger partial charge is 0.351 e. The Labute approximate surface area is 168 Å². The summed E-state index contributed by atoms with van der Waals surface area (Å²) in [5, 5.41) is 6.89. The van der Waals surface area contributed by atoms with E-state index >= 15 is 0 Å². The van der Waals surface area contributed by atoms with Crippen LogP contribution in [0, 0.1) is 12.8 Å². The normalized spacial score (nSPS) is 15.1. The molecule has 9 heteroatoms. The summed E-state index contributed by atoms with van der Waals surface area (Å²) in [7, 11) is 0. The molecule has 8 nitrogen and oxygen atoms in total. The molecule has 1 fully saturated rings. The van der Waals surface area contributed by atoms with E-state index < -0.39 is 0 Å². The van der Waals surface area contributed by atoms with Gasteiger partial charge in [0.2, 0.25) is 5.91 Å². The van der Waals surface area contributed by atoms with Crippen LogP contribution < -0.4 is 5.32 Å². The lowest BCUT2D eigenvalue weighted by molar-refractivity contribution is -0.122. The Balaban J connectivity index is 1.44. The number of aryl methyl sites for hydroxylation is 1. The molecule has 0 spiro atoms. The van der Waals surface area contributed by atoms with Crippen LogP contribution in [-0.2, 0) is 11.3 Å². The molecule has 0 unspecified atom stereocenters. The molecule has 150 valence electrons. The predicted octanol–water partition coefficient (Wildman–Crippen LogP) is 2.32. The minimum absolute atomic E-state index is 0.0358. The van der Waals surface area contributed by atoms with Gasteiger partial charge in [0.15, 0.2) is 0 Å². The number of amides is 2. The number of aromatic nitrogens is 4. The molecule has 2 amide bonds. The van der Waals surface area contributed by atoms with E-state index in [9.17, 15) is 9.59 Å². The number of likely N-dealkylation sites (tertiary alicyclic amines) is 1. The van der Waals surface area contributed by atoms with Crippen molar-refractivity contribution in [1.29, 1.82) is 0 Å². The van der Waals surface area contributed by atoms with Gasteiger partial charge in [-0.2, -0.15) is 0 Å². The molecule has 2 aromatic rings. The van der Waals surface area contributed by atoms with E-state index in [1.165, 1.54) is 11.5 Å². The lowest BCUT2D eigenvalue weighted by Crippen LogP contribution is -2.39. The van der Waals surface area contributed by atoms with Crippen LogP contribution in [0.1, 0.15) is 65.8 Å². The van der Waals surface area contributed by atoms with Crippen molar-refractivity contribution < 1.29 is 9.59 Å². The number of carbonyl (C=O) groups is 2. The molecule has 1 aliphatic heterocycles. The van der Waals surface area contributed by atoms with Crippen molar-refractivity contribution in [3.05, 3.63) is 34.4 Å². The molecular formula is C19H26N6O2S. The van der Waals surface area contributed by atoms with E-state index in [2.05, 4.69) is 24.9 Å². The fraction of sp³-hybridized carbons (Fsp3) is 0.579. The summed E-state index contributed by atoms with van der Waals surface area (Å²) in [6.45, 7) is 7.71. The van der Waals surface area contributed by atoms with Gasteiger partial charge in [0, 0.05) is 37.8 Å². The highest BCUT2D eigenvalue weighted by Gasteiger charge is 2.25. The van der Waals surface area contributed by atoms with Crippen molar-refractivity contribution in [2.24, 2.45) is 5.92 Å². The summed E-state index contributed by atoms with van der Waals surface area (Å²) in [6.07, 6.45) is 5.36. The van der Waals surface area contributed by atoms with Crippen LogP contribution in [0.3, 0.4) is 0 Å². The Bertz CT molecular complexity index is 812. The van der Waals surface area contributed by atoms with Crippen molar-refractivity contribution in [2.75, 3.05) is 13.1 Å². The molecule has 1 aliphatic rings. The molecule has 0 radical (unpaired) electrons. The van der Waals surface area contributed by atoms with Crippen molar-refractivity contribution in [2.45, 2.75) is 52.5 Å². The van der Waals surface area contributed by atoms with Gasteiger partial charge < -0.3 is 10.2 Å². The summed E-state index contributed by atoms with van der Waals surface area (Å²) in [5.41, 5.74) is 1.39. The number of nitrogens with zero attached hydrogens (tertiary/aromatic N) is 5. The number of piperidine rings is 1. The molecule has 1 N–H and O–H groups in total. The Hall–Kier alpha value is -2.42. The van der Waals surface area contributed by atoms with Crippen LogP contribution in [0.25, 0.3) is 0 Å². The van der Waals surface area contributed by atoms with Gasteiger partial charge in [0.1, 0.15) is 5.82 Å². The molecule has 3 rings (SSSR count). The Morgan fingerprint density at radius 1 is 1.25 bits per heavy atom. The first-order chi connectivity index (χ1) is 13.4. The molecule has 0 bridgehead atoms. The van der Waals surface area contributed by atoms with Crippen LogP contribution >= 0.6 is 11.5 Å². The zero-order valence-corrected chi connectivity index (χ0v) is 17.3. The molecule has 0 aliphatic carbocycles. The summed E-state index contributed by atoms with van der Waals surface area (Å²) in [4.78, 5) is 36.2. The fourth-order valence-corrected chi connectivity index (χ4v) is 3.77. The SMILES string of the molecule is Cc1nnsc1CNC(=O)CC1CCN(C(=O)c2cnc(C(C)C)nc2)CC1. The van der Waals surface area contributed by atoms with Crippen molar-refractivity contribution in [3.8, 4) is 0 Å². The zero-order chi connectivity index (χ0) is 20.1. The van der Waals surface area contributed by atoms with E-state index in [0.29, 0.717) is 37.5 Å². The Morgan fingerprint density at radius 2 is 1.93 bits per heavy atom. The zero-order valence-electron chi connectivity index (χ0n) is 16.5. The number of nitrogens with one attached hydrogen (secondary N) is 1. The Morgan fingerprint density at radius 3 is 2.50 bits per heavy atom. The van der Waals surface area contributed by atoms with Gasteiger partial charge in [0.05, 0.1) is 22.7 Å². The van der Waals surface area contributed by atoms with Crippen LogP contribution in [0.4, 0.5) is 0 Å². The quantitative estimate of drug-likeness (QED) is 0.796. The highest BCUT2D eigenvalue weighted by Crippen LogP contribution is 2.22. The van der Waals surface area contributed by atoms with Gasteiger partial charge >= 0.3 is 0 Å². The maximum atomic E-state index is 12.6. The molecule has 3 heterocycles. The Kier molecular flexibility index (Phi) is 6.66. The second-order valence-corrected chi connectivity index (χ2v) is 8.32. The smallest absolute Gasteiger partial charge is 0.256 e. The van der Waals surface area contributed by atoms with Gasteiger partial charge in [-0.05, 0) is 37.2 Å².